The maximum atomic E-state index is 12.8. The van der Waals surface area contributed by atoms with E-state index in [2.05, 4.69) is 9.97 Å². The first-order valence-electron chi connectivity index (χ1n) is 7.52. The number of rotatable bonds is 4. The summed E-state index contributed by atoms with van der Waals surface area (Å²) in [5.41, 5.74) is 0.260. The van der Waals surface area contributed by atoms with Crippen LogP contribution in [-0.2, 0) is 19.1 Å². The lowest BCUT2D eigenvalue weighted by atomic mass is 10.1. The Kier molecular flexibility index (Phi) is 4.17. The highest BCUT2D eigenvalue weighted by molar-refractivity contribution is 5.55. The molecular weight excluding hydrogens is 319 g/mol. The predicted octanol–water partition coefficient (Wildman–Crippen LogP) is 4.48. The summed E-state index contributed by atoms with van der Waals surface area (Å²) < 4.78 is 46.1. The first-order chi connectivity index (χ1) is 11.4. The summed E-state index contributed by atoms with van der Waals surface area (Å²) in [5.74, 6) is 1.68. The van der Waals surface area contributed by atoms with E-state index in [-0.39, 0.29) is 5.89 Å². The van der Waals surface area contributed by atoms with Gasteiger partial charge >= 0.3 is 6.18 Å². The third kappa shape index (κ3) is 3.20. The largest absolute Gasteiger partial charge is 0.441 e. The van der Waals surface area contributed by atoms with E-state index >= 15 is 0 Å². The van der Waals surface area contributed by atoms with Gasteiger partial charge in [-0.2, -0.15) is 13.2 Å². The van der Waals surface area contributed by atoms with Gasteiger partial charge < -0.3 is 8.98 Å². The Morgan fingerprint density at radius 3 is 2.75 bits per heavy atom. The number of aromatic nitrogens is 3. The molecule has 3 rings (SSSR count). The Bertz CT molecular complexity index is 849. The van der Waals surface area contributed by atoms with Crippen LogP contribution in [0.15, 0.2) is 41.1 Å². The van der Waals surface area contributed by atoms with Gasteiger partial charge in [0.25, 0.3) is 0 Å². The fourth-order valence-corrected chi connectivity index (χ4v) is 2.49. The summed E-state index contributed by atoms with van der Waals surface area (Å²) in [6.07, 6.45) is -0.0590. The molecule has 0 aliphatic rings. The van der Waals surface area contributed by atoms with Crippen molar-refractivity contribution in [2.45, 2.75) is 33.0 Å². The van der Waals surface area contributed by atoms with Crippen molar-refractivity contribution in [1.29, 1.82) is 0 Å². The zero-order valence-electron chi connectivity index (χ0n) is 13.3. The minimum Gasteiger partial charge on any atom is -0.441 e. The molecule has 0 radical (unpaired) electrons. The van der Waals surface area contributed by atoms with Gasteiger partial charge in [-0.3, -0.25) is 0 Å². The zero-order chi connectivity index (χ0) is 17.3. The molecule has 0 atom stereocenters. The Hall–Kier alpha value is -2.57. The highest BCUT2D eigenvalue weighted by Crippen LogP contribution is 2.32. The van der Waals surface area contributed by atoms with Gasteiger partial charge in [0.2, 0.25) is 5.89 Å². The Balaban J connectivity index is 1.92. The molecule has 0 bridgehead atoms. The van der Waals surface area contributed by atoms with Crippen LogP contribution in [0.2, 0.25) is 0 Å². The van der Waals surface area contributed by atoms with Crippen LogP contribution >= 0.6 is 0 Å². The van der Waals surface area contributed by atoms with Crippen molar-refractivity contribution < 1.29 is 17.6 Å². The number of imidazole rings is 1. The molecule has 0 aliphatic carbocycles. The van der Waals surface area contributed by atoms with E-state index in [1.165, 1.54) is 6.07 Å². The maximum absolute atomic E-state index is 12.8. The standard InChI is InChI=1S/C17H16F3N3O/c1-3-15-21-7-8-23(15)10-14-11(2)24-16(22-14)12-5-4-6-13(9-12)17(18,19)20/h4-9H,3,10H2,1-2H3. The molecule has 0 saturated carbocycles. The van der Waals surface area contributed by atoms with E-state index in [1.54, 1.807) is 19.2 Å². The van der Waals surface area contributed by atoms with Gasteiger partial charge in [-0.25, -0.2) is 9.97 Å². The van der Waals surface area contributed by atoms with Crippen molar-refractivity contribution in [2.24, 2.45) is 0 Å². The fourth-order valence-electron chi connectivity index (χ4n) is 2.49. The summed E-state index contributed by atoms with van der Waals surface area (Å²) >= 11 is 0. The molecular formula is C17H16F3N3O. The van der Waals surface area contributed by atoms with Gasteiger partial charge in [0.05, 0.1) is 12.1 Å². The second-order valence-corrected chi connectivity index (χ2v) is 5.43. The molecule has 0 saturated heterocycles. The molecule has 0 spiro atoms. The number of nitrogens with zero attached hydrogens (tertiary/aromatic N) is 3. The number of hydrogen-bond donors (Lipinski definition) is 0. The van der Waals surface area contributed by atoms with Gasteiger partial charge in [-0.1, -0.05) is 13.0 Å². The zero-order valence-corrected chi connectivity index (χ0v) is 13.3. The average molecular weight is 335 g/mol. The number of hydrogen-bond acceptors (Lipinski definition) is 3. The molecule has 0 aliphatic heterocycles. The third-order valence-corrected chi connectivity index (χ3v) is 3.77. The van der Waals surface area contributed by atoms with Crippen molar-refractivity contribution >= 4 is 0 Å². The number of oxazole rings is 1. The summed E-state index contributed by atoms with van der Waals surface area (Å²) in [4.78, 5) is 8.61. The van der Waals surface area contributed by atoms with Crippen LogP contribution in [0.3, 0.4) is 0 Å². The second kappa shape index (κ2) is 6.14. The van der Waals surface area contributed by atoms with Gasteiger partial charge in [-0.15, -0.1) is 0 Å². The first kappa shape index (κ1) is 16.3. The average Bonchev–Trinajstić information content (AvgIpc) is 3.14. The lowest BCUT2D eigenvalue weighted by Crippen LogP contribution is -2.05. The van der Waals surface area contributed by atoms with E-state index in [4.69, 9.17) is 4.42 Å². The molecule has 2 heterocycles. The quantitative estimate of drug-likeness (QED) is 0.706. The van der Waals surface area contributed by atoms with Crippen LogP contribution < -0.4 is 0 Å². The molecule has 4 nitrogen and oxygen atoms in total. The van der Waals surface area contributed by atoms with Crippen molar-refractivity contribution in [3.05, 3.63) is 59.5 Å². The molecule has 24 heavy (non-hydrogen) atoms. The molecule has 2 aromatic heterocycles. The fraction of sp³-hybridized carbons (Fsp3) is 0.294. The Morgan fingerprint density at radius 2 is 2.04 bits per heavy atom. The van der Waals surface area contributed by atoms with Crippen LogP contribution in [-0.4, -0.2) is 14.5 Å². The number of halogens is 3. The normalized spacial score (nSPS) is 11.9. The second-order valence-electron chi connectivity index (χ2n) is 5.43. The monoisotopic (exact) mass is 335 g/mol. The number of benzene rings is 1. The van der Waals surface area contributed by atoms with E-state index < -0.39 is 11.7 Å². The predicted molar refractivity (Wildman–Crippen MR) is 82.4 cm³/mol. The molecule has 3 aromatic rings. The van der Waals surface area contributed by atoms with E-state index in [9.17, 15) is 13.2 Å². The van der Waals surface area contributed by atoms with E-state index in [0.717, 1.165) is 24.4 Å². The molecule has 0 unspecified atom stereocenters. The molecule has 1 aromatic carbocycles. The summed E-state index contributed by atoms with van der Waals surface area (Å²) in [7, 11) is 0. The molecule has 0 N–H and O–H groups in total. The van der Waals surface area contributed by atoms with Crippen molar-refractivity contribution in [3.63, 3.8) is 0 Å². The SMILES string of the molecule is CCc1nccn1Cc1nc(-c2cccc(C(F)(F)F)c2)oc1C. The highest BCUT2D eigenvalue weighted by atomic mass is 19.4. The summed E-state index contributed by atoms with van der Waals surface area (Å²) in [6.45, 7) is 4.22. The smallest absolute Gasteiger partial charge is 0.416 e. The molecule has 0 fully saturated rings. The van der Waals surface area contributed by atoms with Crippen LogP contribution in [0.5, 0.6) is 0 Å². The number of alkyl halides is 3. The highest BCUT2D eigenvalue weighted by Gasteiger charge is 2.30. The minimum atomic E-state index is -4.40. The molecule has 126 valence electrons. The lowest BCUT2D eigenvalue weighted by Gasteiger charge is -2.06. The van der Waals surface area contributed by atoms with Crippen LogP contribution in [0.25, 0.3) is 11.5 Å². The van der Waals surface area contributed by atoms with Crippen LogP contribution in [0.4, 0.5) is 13.2 Å². The topological polar surface area (TPSA) is 43.9 Å². The van der Waals surface area contributed by atoms with Crippen molar-refractivity contribution in [2.75, 3.05) is 0 Å². The summed E-state index contributed by atoms with van der Waals surface area (Å²) in [5, 5.41) is 0. The van der Waals surface area contributed by atoms with E-state index in [1.807, 2.05) is 17.7 Å². The van der Waals surface area contributed by atoms with Gasteiger partial charge in [0.15, 0.2) is 0 Å². The number of aryl methyl sites for hydroxylation is 2. The molecule has 0 amide bonds. The maximum Gasteiger partial charge on any atom is 0.416 e. The lowest BCUT2D eigenvalue weighted by molar-refractivity contribution is -0.137. The van der Waals surface area contributed by atoms with Gasteiger partial charge in [0.1, 0.15) is 17.3 Å². The first-order valence-corrected chi connectivity index (χ1v) is 7.52. The van der Waals surface area contributed by atoms with Gasteiger partial charge in [0, 0.05) is 24.4 Å². The Labute approximate surface area is 137 Å². The van der Waals surface area contributed by atoms with Crippen LogP contribution in [0.1, 0.15) is 29.8 Å². The van der Waals surface area contributed by atoms with Crippen LogP contribution in [0, 0.1) is 6.92 Å². The minimum absolute atomic E-state index is 0.187. The Morgan fingerprint density at radius 1 is 1.25 bits per heavy atom. The third-order valence-electron chi connectivity index (χ3n) is 3.77. The molecule has 7 heteroatoms. The summed E-state index contributed by atoms with van der Waals surface area (Å²) in [6, 6.07) is 4.98. The van der Waals surface area contributed by atoms with E-state index in [0.29, 0.717) is 23.6 Å². The van der Waals surface area contributed by atoms with Gasteiger partial charge in [-0.05, 0) is 25.1 Å². The van der Waals surface area contributed by atoms with Crippen molar-refractivity contribution in [1.82, 2.24) is 14.5 Å². The van der Waals surface area contributed by atoms with Crippen molar-refractivity contribution in [3.8, 4) is 11.5 Å².